The molecular weight excluding hydrogens is 362 g/mol. The van der Waals surface area contributed by atoms with Gasteiger partial charge in [-0.25, -0.2) is 0 Å². The number of aryl methyl sites for hydroxylation is 1. The van der Waals surface area contributed by atoms with Gasteiger partial charge >= 0.3 is 0 Å². The van der Waals surface area contributed by atoms with Crippen LogP contribution in [0.2, 0.25) is 0 Å². The Bertz CT molecular complexity index is 1080. The number of ether oxygens (including phenoxy) is 1. The average Bonchev–Trinajstić information content (AvgIpc) is 2.98. The van der Waals surface area contributed by atoms with Gasteiger partial charge in [0, 0.05) is 6.54 Å². The van der Waals surface area contributed by atoms with Crippen LogP contribution in [0.1, 0.15) is 20.3 Å². The van der Waals surface area contributed by atoms with Gasteiger partial charge in [-0.1, -0.05) is 26.0 Å². The van der Waals surface area contributed by atoms with E-state index in [1.54, 1.807) is 4.57 Å². The van der Waals surface area contributed by atoms with E-state index in [4.69, 9.17) is 22.1 Å². The molecule has 0 aliphatic carbocycles. The minimum Gasteiger partial charge on any atom is -0.370 e. The fraction of sp³-hybridized carbons (Fsp3) is 0.526. The number of hydrogen-bond acceptors (Lipinski definition) is 4. The molecule has 144 valence electrons. The first-order valence-corrected chi connectivity index (χ1v) is 9.99. The molecule has 0 bridgehead atoms. The van der Waals surface area contributed by atoms with Crippen LogP contribution in [0.3, 0.4) is 0 Å². The second-order valence-electron chi connectivity index (χ2n) is 7.59. The molecule has 0 saturated carbocycles. The van der Waals surface area contributed by atoms with Gasteiger partial charge in [-0.05, 0) is 36.7 Å². The zero-order valence-corrected chi connectivity index (χ0v) is 16.7. The van der Waals surface area contributed by atoms with Gasteiger partial charge in [0.05, 0.1) is 24.1 Å². The number of rotatable bonds is 5. The normalized spacial score (nSPS) is 16.0. The maximum Gasteiger partial charge on any atom is 0.262 e. The molecular formula is C19H26N5O2S+. The standard InChI is InChI=1S/C19H25N5O2S/c1-14(2)7-8-22-17(25)15-5-3-4-6-16(15)24-18(22)20-23(19(24)27)13-21-9-11-26-12-10-21/h3-6,14H,7-13H2,1-2H3/p+1. The monoisotopic (exact) mass is 388 g/mol. The van der Waals surface area contributed by atoms with Crippen LogP contribution in [0.15, 0.2) is 29.1 Å². The Morgan fingerprint density at radius 2 is 2.00 bits per heavy atom. The van der Waals surface area contributed by atoms with Gasteiger partial charge in [0.15, 0.2) is 6.67 Å². The highest BCUT2D eigenvalue weighted by molar-refractivity contribution is 7.71. The van der Waals surface area contributed by atoms with Crippen molar-refractivity contribution < 1.29 is 9.64 Å². The molecule has 8 heteroatoms. The lowest BCUT2D eigenvalue weighted by molar-refractivity contribution is -0.930. The molecule has 0 atom stereocenters. The van der Waals surface area contributed by atoms with Crippen molar-refractivity contribution in [2.45, 2.75) is 33.5 Å². The lowest BCUT2D eigenvalue weighted by Gasteiger charge is -2.23. The largest absolute Gasteiger partial charge is 0.370 e. The summed E-state index contributed by atoms with van der Waals surface area (Å²) in [7, 11) is 0. The molecule has 27 heavy (non-hydrogen) atoms. The molecule has 1 aliphatic rings. The van der Waals surface area contributed by atoms with Crippen LogP contribution in [0.4, 0.5) is 0 Å². The Kier molecular flexibility index (Phi) is 5.12. The van der Waals surface area contributed by atoms with E-state index in [0.717, 1.165) is 38.2 Å². The third-order valence-electron chi connectivity index (χ3n) is 5.19. The number of morpholine rings is 1. The van der Waals surface area contributed by atoms with Gasteiger partial charge in [-0.3, -0.25) is 13.8 Å². The number of benzene rings is 1. The molecule has 0 amide bonds. The Balaban J connectivity index is 1.89. The van der Waals surface area contributed by atoms with Crippen molar-refractivity contribution in [1.82, 2.24) is 18.7 Å². The van der Waals surface area contributed by atoms with E-state index in [0.29, 0.717) is 35.1 Å². The Morgan fingerprint density at radius 1 is 1.26 bits per heavy atom. The number of quaternary nitrogens is 1. The Labute approximate surface area is 162 Å². The highest BCUT2D eigenvalue weighted by Gasteiger charge is 2.19. The van der Waals surface area contributed by atoms with E-state index < -0.39 is 0 Å². The Morgan fingerprint density at radius 3 is 2.74 bits per heavy atom. The zero-order valence-electron chi connectivity index (χ0n) is 15.9. The molecule has 0 unspecified atom stereocenters. The lowest BCUT2D eigenvalue weighted by atomic mass is 10.1. The van der Waals surface area contributed by atoms with Crippen LogP contribution < -0.4 is 10.5 Å². The molecule has 1 saturated heterocycles. The number of nitrogens with zero attached hydrogens (tertiary/aromatic N) is 4. The summed E-state index contributed by atoms with van der Waals surface area (Å²) in [5.41, 5.74) is 0.830. The van der Waals surface area contributed by atoms with E-state index in [1.165, 1.54) is 4.90 Å². The second kappa shape index (κ2) is 7.53. The average molecular weight is 389 g/mol. The third-order valence-corrected chi connectivity index (χ3v) is 5.58. The van der Waals surface area contributed by atoms with Crippen molar-refractivity contribution in [3.8, 4) is 0 Å². The lowest BCUT2D eigenvalue weighted by Crippen LogP contribution is -3.13. The Hall–Kier alpha value is -2.03. The summed E-state index contributed by atoms with van der Waals surface area (Å²) in [4.78, 5) is 14.5. The van der Waals surface area contributed by atoms with Crippen LogP contribution in [0, 0.1) is 10.7 Å². The van der Waals surface area contributed by atoms with Crippen molar-refractivity contribution in [1.29, 1.82) is 0 Å². The van der Waals surface area contributed by atoms with Gasteiger partial charge in [0.2, 0.25) is 10.5 Å². The van der Waals surface area contributed by atoms with Gasteiger partial charge < -0.3 is 9.64 Å². The van der Waals surface area contributed by atoms with Crippen molar-refractivity contribution in [2.24, 2.45) is 5.92 Å². The molecule has 0 spiro atoms. The predicted octanol–water partition coefficient (Wildman–Crippen LogP) is 1.10. The minimum atomic E-state index is 0.00428. The quantitative estimate of drug-likeness (QED) is 0.665. The molecule has 1 fully saturated rings. The summed E-state index contributed by atoms with van der Waals surface area (Å²) in [6.07, 6.45) is 0.919. The first-order valence-electron chi connectivity index (χ1n) is 9.58. The highest BCUT2D eigenvalue weighted by Crippen LogP contribution is 2.15. The maximum atomic E-state index is 13.1. The predicted molar refractivity (Wildman–Crippen MR) is 107 cm³/mol. The number of fused-ring (bicyclic) bond motifs is 3. The number of nitrogens with one attached hydrogen (secondary N) is 1. The first-order chi connectivity index (χ1) is 13.1. The maximum absolute atomic E-state index is 13.1. The van der Waals surface area contributed by atoms with Crippen LogP contribution in [-0.2, 0) is 18.0 Å². The molecule has 3 heterocycles. The van der Waals surface area contributed by atoms with Crippen LogP contribution in [0.25, 0.3) is 16.7 Å². The summed E-state index contributed by atoms with van der Waals surface area (Å²) >= 11 is 5.77. The third kappa shape index (κ3) is 3.44. The summed E-state index contributed by atoms with van der Waals surface area (Å²) in [6.45, 7) is 9.06. The summed E-state index contributed by atoms with van der Waals surface area (Å²) < 4.78 is 11.7. The second-order valence-corrected chi connectivity index (χ2v) is 7.96. The molecule has 0 radical (unpaired) electrons. The summed E-state index contributed by atoms with van der Waals surface area (Å²) in [5.74, 6) is 1.14. The number of hydrogen-bond donors (Lipinski definition) is 1. The fourth-order valence-corrected chi connectivity index (χ4v) is 3.87. The van der Waals surface area contributed by atoms with Gasteiger partial charge in [-0.15, -0.1) is 5.10 Å². The van der Waals surface area contributed by atoms with E-state index in [-0.39, 0.29) is 5.56 Å². The van der Waals surface area contributed by atoms with Crippen molar-refractivity contribution in [3.05, 3.63) is 39.4 Å². The van der Waals surface area contributed by atoms with Crippen molar-refractivity contribution in [3.63, 3.8) is 0 Å². The van der Waals surface area contributed by atoms with Crippen molar-refractivity contribution in [2.75, 3.05) is 26.3 Å². The molecule has 1 N–H and O–H groups in total. The smallest absolute Gasteiger partial charge is 0.262 e. The molecule has 1 aromatic carbocycles. The van der Waals surface area contributed by atoms with Gasteiger partial charge in [0.1, 0.15) is 13.1 Å². The van der Waals surface area contributed by atoms with E-state index in [9.17, 15) is 4.79 Å². The number of para-hydroxylation sites is 1. The van der Waals surface area contributed by atoms with E-state index in [2.05, 4.69) is 13.8 Å². The van der Waals surface area contributed by atoms with Crippen LogP contribution in [0.5, 0.6) is 0 Å². The van der Waals surface area contributed by atoms with E-state index in [1.807, 2.05) is 33.3 Å². The minimum absolute atomic E-state index is 0.00428. The highest BCUT2D eigenvalue weighted by atomic mass is 32.1. The van der Waals surface area contributed by atoms with E-state index >= 15 is 0 Å². The zero-order chi connectivity index (χ0) is 19.0. The summed E-state index contributed by atoms with van der Waals surface area (Å²) in [5, 5.41) is 5.46. The molecule has 7 nitrogen and oxygen atoms in total. The van der Waals surface area contributed by atoms with Gasteiger partial charge in [0.25, 0.3) is 5.56 Å². The topological polar surface area (TPSA) is 57.9 Å². The van der Waals surface area contributed by atoms with Crippen molar-refractivity contribution >= 4 is 28.9 Å². The number of aromatic nitrogens is 4. The fourth-order valence-electron chi connectivity index (χ4n) is 3.59. The SMILES string of the molecule is CC(C)CCn1c(=O)c2ccccc2n2c(=S)n(C[NH+]3CCOCC3)nc12. The van der Waals surface area contributed by atoms with Crippen LogP contribution >= 0.6 is 12.2 Å². The molecule has 3 aromatic rings. The van der Waals surface area contributed by atoms with Crippen LogP contribution in [-0.4, -0.2) is 45.1 Å². The molecule has 4 rings (SSSR count). The molecule has 2 aromatic heterocycles. The summed E-state index contributed by atoms with van der Waals surface area (Å²) in [6, 6.07) is 7.65. The first kappa shape index (κ1) is 18.3. The van der Waals surface area contributed by atoms with Gasteiger partial charge in [-0.2, -0.15) is 4.68 Å². The molecule has 1 aliphatic heterocycles.